The molecule has 0 aliphatic carbocycles. The Morgan fingerprint density at radius 1 is 1.35 bits per heavy atom. The summed E-state index contributed by atoms with van der Waals surface area (Å²) in [5.41, 5.74) is 0.653. The van der Waals surface area contributed by atoms with E-state index in [4.69, 9.17) is 16.0 Å². The number of rotatable bonds is 0. The van der Waals surface area contributed by atoms with Crippen LogP contribution in [0, 0.1) is 0 Å². The third-order valence-electron chi connectivity index (χ3n) is 2.83. The van der Waals surface area contributed by atoms with E-state index < -0.39 is 0 Å². The molecule has 17 heavy (non-hydrogen) atoms. The average molecular weight is 266 g/mol. The van der Waals surface area contributed by atoms with Crippen molar-refractivity contribution in [2.45, 2.75) is 4.90 Å². The number of hydrogen-bond donors (Lipinski definition) is 0. The molecule has 2 heterocycles. The van der Waals surface area contributed by atoms with Crippen molar-refractivity contribution in [3.05, 3.63) is 46.3 Å². The lowest BCUT2D eigenvalue weighted by Gasteiger charge is -2.11. The van der Waals surface area contributed by atoms with Gasteiger partial charge in [0.2, 0.25) is 16.1 Å². The third kappa shape index (κ3) is 1.61. The Bertz CT molecular complexity index is 687. The summed E-state index contributed by atoms with van der Waals surface area (Å²) in [6.45, 7) is 0. The van der Waals surface area contributed by atoms with Crippen LogP contribution in [0.25, 0.3) is 16.0 Å². The molecule has 0 amide bonds. The molecule has 2 aromatic rings. The normalized spacial score (nSPS) is 18.9. The fourth-order valence-electron chi connectivity index (χ4n) is 1.97. The lowest BCUT2D eigenvalue weighted by molar-refractivity contribution is 0.572. The van der Waals surface area contributed by atoms with Gasteiger partial charge in [0.15, 0.2) is 0 Å². The Balaban J connectivity index is 2.48. The molecule has 0 spiro atoms. The second kappa shape index (κ2) is 3.93. The van der Waals surface area contributed by atoms with E-state index in [2.05, 4.69) is 0 Å². The molecule has 1 aliphatic heterocycles. The molecule has 1 atom stereocenters. The van der Waals surface area contributed by atoms with E-state index in [0.717, 1.165) is 10.6 Å². The molecule has 3 rings (SSSR count). The van der Waals surface area contributed by atoms with Crippen LogP contribution >= 0.6 is 11.6 Å². The first-order valence-electron chi connectivity index (χ1n) is 5.23. The average Bonchev–Trinajstić information content (AvgIpc) is 2.34. The van der Waals surface area contributed by atoms with E-state index in [1.165, 1.54) is 0 Å². The van der Waals surface area contributed by atoms with Crippen molar-refractivity contribution in [2.24, 2.45) is 0 Å². The Kier molecular flexibility index (Phi) is 2.53. The van der Waals surface area contributed by atoms with Gasteiger partial charge < -0.3 is 4.42 Å². The summed E-state index contributed by atoms with van der Waals surface area (Å²) in [5.74, 6) is 1.36. The molecule has 2 nitrogen and oxygen atoms in total. The third-order valence-corrected chi connectivity index (χ3v) is 4.89. The van der Waals surface area contributed by atoms with E-state index in [1.807, 2.05) is 24.5 Å². The maximum atomic E-state index is 12.4. The second-order valence-electron chi connectivity index (χ2n) is 3.94. The zero-order valence-electron chi connectivity index (χ0n) is 9.20. The van der Waals surface area contributed by atoms with Gasteiger partial charge in [-0.15, -0.1) is 0 Å². The highest BCUT2D eigenvalue weighted by atomic mass is 35.5. The highest BCUT2D eigenvalue weighted by Gasteiger charge is 2.32. The molecule has 0 saturated heterocycles. The van der Waals surface area contributed by atoms with Gasteiger partial charge in [0.1, 0.15) is 17.6 Å². The van der Waals surface area contributed by atoms with Crippen LogP contribution in [0.2, 0.25) is 0 Å². The highest BCUT2D eigenvalue weighted by Crippen LogP contribution is 2.32. The van der Waals surface area contributed by atoms with Crippen LogP contribution in [0.4, 0.5) is 0 Å². The second-order valence-corrected chi connectivity index (χ2v) is 6.36. The first-order chi connectivity index (χ1) is 8.18. The molecule has 1 unspecified atom stereocenters. The first-order valence-corrected chi connectivity index (χ1v) is 7.41. The predicted molar refractivity (Wildman–Crippen MR) is 72.7 cm³/mol. The van der Waals surface area contributed by atoms with Gasteiger partial charge >= 0.3 is 0 Å². The number of hydrogen-bond acceptors (Lipinski definition) is 2. The first kappa shape index (κ1) is 10.9. The molecular formula is C13H10ClO2S+. The molecule has 4 heteroatoms. The van der Waals surface area contributed by atoms with E-state index in [-0.39, 0.29) is 16.3 Å². The Morgan fingerprint density at radius 3 is 2.94 bits per heavy atom. The summed E-state index contributed by atoms with van der Waals surface area (Å²) in [7, 11) is -0.121. The molecule has 1 aromatic heterocycles. The van der Waals surface area contributed by atoms with E-state index in [1.54, 1.807) is 12.1 Å². The SMILES string of the molecule is C[S+]1CC=C(Cl)c2oc3ccccc3c(=O)c21. The van der Waals surface area contributed by atoms with Crippen LogP contribution < -0.4 is 5.43 Å². The Hall–Kier alpha value is -1.19. The molecule has 0 saturated carbocycles. The lowest BCUT2D eigenvalue weighted by atomic mass is 10.2. The molecular weight excluding hydrogens is 256 g/mol. The van der Waals surface area contributed by atoms with Crippen molar-refractivity contribution >= 4 is 38.5 Å². The van der Waals surface area contributed by atoms with Crippen molar-refractivity contribution in [1.29, 1.82) is 0 Å². The quantitative estimate of drug-likeness (QED) is 0.686. The number of benzene rings is 1. The predicted octanol–water partition coefficient (Wildman–Crippen LogP) is 2.99. The molecule has 86 valence electrons. The summed E-state index contributed by atoms with van der Waals surface area (Å²) in [5, 5.41) is 1.19. The maximum Gasteiger partial charge on any atom is 0.248 e. The molecule has 0 bridgehead atoms. The molecule has 0 N–H and O–H groups in total. The largest absolute Gasteiger partial charge is 0.450 e. The summed E-state index contributed by atoms with van der Waals surface area (Å²) in [4.78, 5) is 13.1. The van der Waals surface area contributed by atoms with Crippen LogP contribution in [0.5, 0.6) is 0 Å². The monoisotopic (exact) mass is 265 g/mol. The van der Waals surface area contributed by atoms with Crippen molar-refractivity contribution in [3.63, 3.8) is 0 Å². The summed E-state index contributed by atoms with van der Waals surface area (Å²) >= 11 is 6.12. The van der Waals surface area contributed by atoms with Gasteiger partial charge in [0.25, 0.3) is 0 Å². The van der Waals surface area contributed by atoms with Gasteiger partial charge in [0, 0.05) is 10.9 Å². The van der Waals surface area contributed by atoms with E-state index in [0.29, 0.717) is 21.8 Å². The molecule has 1 aliphatic rings. The van der Waals surface area contributed by atoms with Crippen LogP contribution in [-0.2, 0) is 10.9 Å². The van der Waals surface area contributed by atoms with Crippen LogP contribution in [0.15, 0.2) is 44.4 Å². The van der Waals surface area contributed by atoms with E-state index in [9.17, 15) is 4.79 Å². The highest BCUT2D eigenvalue weighted by molar-refractivity contribution is 7.96. The zero-order valence-corrected chi connectivity index (χ0v) is 10.8. The van der Waals surface area contributed by atoms with Crippen molar-refractivity contribution in [2.75, 3.05) is 12.0 Å². The number of para-hydroxylation sites is 1. The lowest BCUT2D eigenvalue weighted by Crippen LogP contribution is -2.21. The van der Waals surface area contributed by atoms with Gasteiger partial charge in [-0.25, -0.2) is 0 Å². The van der Waals surface area contributed by atoms with Gasteiger partial charge in [-0.3, -0.25) is 4.79 Å². The standard InChI is InChI=1S/C13H10ClO2S/c1-17-7-6-9(14)12-13(17)11(15)8-4-2-3-5-10(8)16-12/h2-6H,7H2,1H3/q+1. The number of halogens is 1. The Morgan fingerprint density at radius 2 is 2.12 bits per heavy atom. The van der Waals surface area contributed by atoms with Crippen LogP contribution in [0.1, 0.15) is 5.76 Å². The summed E-state index contributed by atoms with van der Waals surface area (Å²) < 4.78 is 5.75. The minimum Gasteiger partial charge on any atom is -0.450 e. The van der Waals surface area contributed by atoms with Crippen LogP contribution in [0.3, 0.4) is 0 Å². The number of fused-ring (bicyclic) bond motifs is 2. The van der Waals surface area contributed by atoms with E-state index >= 15 is 0 Å². The molecule has 1 aromatic carbocycles. The van der Waals surface area contributed by atoms with Gasteiger partial charge in [-0.05, 0) is 18.2 Å². The molecule has 0 radical (unpaired) electrons. The van der Waals surface area contributed by atoms with Crippen molar-refractivity contribution in [3.8, 4) is 0 Å². The summed E-state index contributed by atoms with van der Waals surface area (Å²) in [6.07, 6.45) is 3.97. The van der Waals surface area contributed by atoms with Gasteiger partial charge in [-0.1, -0.05) is 23.7 Å². The zero-order chi connectivity index (χ0) is 12.0. The minimum absolute atomic E-state index is 0.0546. The topological polar surface area (TPSA) is 30.2 Å². The smallest absolute Gasteiger partial charge is 0.248 e. The fourth-order valence-corrected chi connectivity index (χ4v) is 3.81. The van der Waals surface area contributed by atoms with Crippen molar-refractivity contribution < 1.29 is 4.42 Å². The Labute approximate surface area is 106 Å². The minimum atomic E-state index is -0.121. The maximum absolute atomic E-state index is 12.4. The molecule has 0 fully saturated rings. The fraction of sp³-hybridized carbons (Fsp3) is 0.154. The van der Waals surface area contributed by atoms with Gasteiger partial charge in [-0.2, -0.15) is 0 Å². The summed E-state index contributed by atoms with van der Waals surface area (Å²) in [6, 6.07) is 7.29. The van der Waals surface area contributed by atoms with Gasteiger partial charge in [0.05, 0.1) is 10.4 Å². The van der Waals surface area contributed by atoms with Crippen molar-refractivity contribution in [1.82, 2.24) is 0 Å². The van der Waals surface area contributed by atoms with Crippen LogP contribution in [-0.4, -0.2) is 12.0 Å².